The summed E-state index contributed by atoms with van der Waals surface area (Å²) in [6.45, 7) is 2.58. The van der Waals surface area contributed by atoms with Crippen LogP contribution < -0.4 is 4.74 Å². The first-order chi connectivity index (χ1) is 16.5. The fraction of sp³-hybridized carbons (Fsp3) is 0.500. The maximum absolute atomic E-state index is 13.5. The maximum Gasteiger partial charge on any atom is 0.253 e. The van der Waals surface area contributed by atoms with E-state index in [2.05, 4.69) is 0 Å². The van der Waals surface area contributed by atoms with Crippen molar-refractivity contribution in [1.82, 2.24) is 9.80 Å². The quantitative estimate of drug-likeness (QED) is 0.557. The van der Waals surface area contributed by atoms with Crippen LogP contribution in [0.2, 0.25) is 0 Å². The minimum absolute atomic E-state index is 0.119. The standard InChI is InChI=1S/C28H35FN2O3/c1-34-26-12-10-21(11-13-26)19-31(27(32)23-6-3-2-4-7-23)20-22-14-16-30(17-15-22)28(33)24-8-5-9-25(29)18-24/h5,8-13,18,22-23H,2-4,6-7,14-17,19-20H2,1H3. The van der Waals surface area contributed by atoms with Gasteiger partial charge in [-0.05, 0) is 67.5 Å². The Bertz CT molecular complexity index is 964. The van der Waals surface area contributed by atoms with Gasteiger partial charge in [0.2, 0.25) is 5.91 Å². The van der Waals surface area contributed by atoms with Crippen molar-refractivity contribution in [2.75, 3.05) is 26.7 Å². The number of nitrogens with zero attached hydrogens (tertiary/aromatic N) is 2. The van der Waals surface area contributed by atoms with Crippen molar-refractivity contribution in [1.29, 1.82) is 0 Å². The molecule has 4 rings (SSSR count). The normalized spacial score (nSPS) is 17.4. The lowest BCUT2D eigenvalue weighted by molar-refractivity contribution is -0.138. The molecule has 6 heteroatoms. The molecule has 2 aromatic carbocycles. The van der Waals surface area contributed by atoms with Crippen LogP contribution in [0.25, 0.3) is 0 Å². The molecule has 2 aliphatic rings. The molecule has 5 nitrogen and oxygen atoms in total. The molecular weight excluding hydrogens is 431 g/mol. The van der Waals surface area contributed by atoms with Crippen LogP contribution >= 0.6 is 0 Å². The van der Waals surface area contributed by atoms with Gasteiger partial charge in [-0.1, -0.05) is 37.5 Å². The summed E-state index contributed by atoms with van der Waals surface area (Å²) >= 11 is 0. The molecule has 1 saturated heterocycles. The minimum Gasteiger partial charge on any atom is -0.497 e. The SMILES string of the molecule is COc1ccc(CN(CC2CCN(C(=O)c3cccc(F)c3)CC2)C(=O)C2CCCCC2)cc1. The van der Waals surface area contributed by atoms with E-state index >= 15 is 0 Å². The van der Waals surface area contributed by atoms with Crippen molar-refractivity contribution < 1.29 is 18.7 Å². The molecule has 1 heterocycles. The summed E-state index contributed by atoms with van der Waals surface area (Å²) in [5.74, 6) is 1.05. The van der Waals surface area contributed by atoms with Crippen molar-refractivity contribution in [2.45, 2.75) is 51.5 Å². The van der Waals surface area contributed by atoms with Crippen LogP contribution in [-0.2, 0) is 11.3 Å². The van der Waals surface area contributed by atoms with Crippen molar-refractivity contribution in [2.24, 2.45) is 11.8 Å². The van der Waals surface area contributed by atoms with E-state index in [1.165, 1.54) is 18.6 Å². The van der Waals surface area contributed by atoms with E-state index in [-0.39, 0.29) is 17.7 Å². The Hall–Kier alpha value is -2.89. The van der Waals surface area contributed by atoms with Gasteiger partial charge in [0.05, 0.1) is 7.11 Å². The number of methoxy groups -OCH3 is 1. The van der Waals surface area contributed by atoms with Crippen LogP contribution in [0.1, 0.15) is 60.9 Å². The second kappa shape index (κ2) is 11.5. The number of carbonyl (C=O) groups excluding carboxylic acids is 2. The average Bonchev–Trinajstić information content (AvgIpc) is 2.89. The number of carbonyl (C=O) groups is 2. The number of hydrogen-bond acceptors (Lipinski definition) is 3. The summed E-state index contributed by atoms with van der Waals surface area (Å²) in [7, 11) is 1.65. The molecule has 34 heavy (non-hydrogen) atoms. The fourth-order valence-corrected chi connectivity index (χ4v) is 5.23. The van der Waals surface area contributed by atoms with Gasteiger partial charge in [0.15, 0.2) is 0 Å². The van der Waals surface area contributed by atoms with E-state index in [1.54, 1.807) is 19.2 Å². The van der Waals surface area contributed by atoms with Crippen molar-refractivity contribution in [3.8, 4) is 5.75 Å². The lowest BCUT2D eigenvalue weighted by Gasteiger charge is -2.36. The van der Waals surface area contributed by atoms with E-state index in [0.29, 0.717) is 37.7 Å². The van der Waals surface area contributed by atoms with Crippen LogP contribution in [0, 0.1) is 17.7 Å². The topological polar surface area (TPSA) is 49.9 Å². The molecule has 0 N–H and O–H groups in total. The van der Waals surface area contributed by atoms with Crippen LogP contribution in [0.5, 0.6) is 5.75 Å². The molecule has 1 aliphatic carbocycles. The molecular formula is C28H35FN2O3. The van der Waals surface area contributed by atoms with Gasteiger partial charge in [-0.25, -0.2) is 4.39 Å². The second-order valence-corrected chi connectivity index (χ2v) is 9.65. The van der Waals surface area contributed by atoms with E-state index in [9.17, 15) is 14.0 Å². The molecule has 2 fully saturated rings. The van der Waals surface area contributed by atoms with E-state index < -0.39 is 5.82 Å². The Balaban J connectivity index is 1.39. The smallest absolute Gasteiger partial charge is 0.253 e. The summed E-state index contributed by atoms with van der Waals surface area (Å²) in [4.78, 5) is 30.1. The third kappa shape index (κ3) is 6.16. The van der Waals surface area contributed by atoms with Crippen molar-refractivity contribution in [3.05, 3.63) is 65.5 Å². The summed E-state index contributed by atoms with van der Waals surface area (Å²) in [6, 6.07) is 13.8. The lowest BCUT2D eigenvalue weighted by atomic mass is 9.87. The predicted octanol–water partition coefficient (Wildman–Crippen LogP) is 5.30. The molecule has 1 saturated carbocycles. The molecule has 2 amide bonds. The molecule has 0 radical (unpaired) electrons. The van der Waals surface area contributed by atoms with Crippen LogP contribution in [0.3, 0.4) is 0 Å². The van der Waals surface area contributed by atoms with Gasteiger partial charge >= 0.3 is 0 Å². The first-order valence-electron chi connectivity index (χ1n) is 12.5. The van der Waals surface area contributed by atoms with Gasteiger partial charge in [-0.15, -0.1) is 0 Å². The Morgan fingerprint density at radius 3 is 2.35 bits per heavy atom. The second-order valence-electron chi connectivity index (χ2n) is 9.65. The molecule has 0 unspecified atom stereocenters. The summed E-state index contributed by atoms with van der Waals surface area (Å²) < 4.78 is 18.8. The van der Waals surface area contributed by atoms with Crippen LogP contribution in [0.15, 0.2) is 48.5 Å². The highest BCUT2D eigenvalue weighted by atomic mass is 19.1. The highest BCUT2D eigenvalue weighted by Crippen LogP contribution is 2.28. The predicted molar refractivity (Wildman–Crippen MR) is 130 cm³/mol. The number of rotatable bonds is 7. The largest absolute Gasteiger partial charge is 0.497 e. The van der Waals surface area contributed by atoms with Gasteiger partial charge in [0, 0.05) is 37.7 Å². The van der Waals surface area contributed by atoms with Crippen molar-refractivity contribution >= 4 is 11.8 Å². The average molecular weight is 467 g/mol. The van der Waals surface area contributed by atoms with E-state index in [4.69, 9.17) is 4.74 Å². The summed E-state index contributed by atoms with van der Waals surface area (Å²) in [5.41, 5.74) is 1.50. The summed E-state index contributed by atoms with van der Waals surface area (Å²) in [6.07, 6.45) is 7.15. The fourth-order valence-electron chi connectivity index (χ4n) is 5.23. The number of hydrogen-bond donors (Lipinski definition) is 0. The maximum atomic E-state index is 13.5. The zero-order chi connectivity index (χ0) is 23.9. The first-order valence-corrected chi connectivity index (χ1v) is 12.5. The molecule has 0 spiro atoms. The number of benzene rings is 2. The molecule has 2 aromatic rings. The first kappa shape index (κ1) is 24.2. The Morgan fingerprint density at radius 1 is 1.00 bits per heavy atom. The van der Waals surface area contributed by atoms with Gasteiger partial charge in [0.25, 0.3) is 5.91 Å². The minimum atomic E-state index is -0.392. The number of amides is 2. The molecule has 0 aromatic heterocycles. The monoisotopic (exact) mass is 466 g/mol. The molecule has 0 atom stereocenters. The number of halogens is 1. The van der Waals surface area contributed by atoms with E-state index in [0.717, 1.165) is 49.8 Å². The Labute approximate surface area is 201 Å². The third-order valence-electron chi connectivity index (χ3n) is 7.25. The zero-order valence-electron chi connectivity index (χ0n) is 20.0. The van der Waals surface area contributed by atoms with Gasteiger partial charge in [-0.3, -0.25) is 9.59 Å². The molecule has 182 valence electrons. The number of ether oxygens (including phenoxy) is 1. The Kier molecular flexibility index (Phi) is 8.20. The Morgan fingerprint density at radius 2 is 1.71 bits per heavy atom. The number of piperidine rings is 1. The third-order valence-corrected chi connectivity index (χ3v) is 7.25. The van der Waals surface area contributed by atoms with Crippen LogP contribution in [-0.4, -0.2) is 48.4 Å². The van der Waals surface area contributed by atoms with Crippen molar-refractivity contribution in [3.63, 3.8) is 0 Å². The van der Waals surface area contributed by atoms with Gasteiger partial charge in [-0.2, -0.15) is 0 Å². The zero-order valence-corrected chi connectivity index (χ0v) is 20.0. The van der Waals surface area contributed by atoms with E-state index in [1.807, 2.05) is 34.1 Å². The molecule has 0 bridgehead atoms. The molecule has 1 aliphatic heterocycles. The van der Waals surface area contributed by atoms with Crippen LogP contribution in [0.4, 0.5) is 4.39 Å². The number of likely N-dealkylation sites (tertiary alicyclic amines) is 1. The van der Waals surface area contributed by atoms with Gasteiger partial charge in [0.1, 0.15) is 11.6 Å². The highest BCUT2D eigenvalue weighted by molar-refractivity contribution is 5.94. The summed E-state index contributed by atoms with van der Waals surface area (Å²) in [5, 5.41) is 0. The lowest BCUT2D eigenvalue weighted by Crippen LogP contribution is -2.44. The highest BCUT2D eigenvalue weighted by Gasteiger charge is 2.30. The van der Waals surface area contributed by atoms with Gasteiger partial charge < -0.3 is 14.5 Å².